The van der Waals surface area contributed by atoms with Crippen molar-refractivity contribution in [2.75, 3.05) is 20.3 Å². The third-order valence-electron chi connectivity index (χ3n) is 3.96. The average Bonchev–Trinajstić information content (AvgIpc) is 3.36. The second-order valence-electron chi connectivity index (χ2n) is 5.48. The van der Waals surface area contributed by atoms with Gasteiger partial charge in [0.25, 0.3) is 0 Å². The van der Waals surface area contributed by atoms with Crippen LogP contribution in [0.1, 0.15) is 42.1 Å². The molecule has 1 aliphatic carbocycles. The van der Waals surface area contributed by atoms with Crippen molar-refractivity contribution >= 4 is 13.6 Å². The predicted molar refractivity (Wildman–Crippen MR) is 84.4 cm³/mol. The molecule has 0 N–H and O–H groups in total. The van der Waals surface area contributed by atoms with E-state index in [1.807, 2.05) is 0 Å². The van der Waals surface area contributed by atoms with Crippen LogP contribution in [-0.2, 0) is 18.3 Å². The molecule has 2 rings (SSSR count). The topological polar surface area (TPSA) is 61.8 Å². The molecule has 1 aliphatic rings. The Morgan fingerprint density at radius 3 is 2.21 bits per heavy atom. The Labute approximate surface area is 139 Å². The molecule has 1 aromatic rings. The Morgan fingerprint density at radius 1 is 1.21 bits per heavy atom. The number of benzene rings is 1. The molecule has 134 valence electrons. The first kappa shape index (κ1) is 19.0. The van der Waals surface area contributed by atoms with Gasteiger partial charge in [0.05, 0.1) is 25.9 Å². The molecule has 24 heavy (non-hydrogen) atoms. The normalized spacial score (nSPS) is 20.7. The van der Waals surface area contributed by atoms with Crippen molar-refractivity contribution < 1.29 is 31.9 Å². The fraction of sp³-hybridized carbons (Fsp3) is 0.562. The number of methoxy groups -OCH3 is 1. The lowest BCUT2D eigenvalue weighted by molar-refractivity contribution is 0.0181. The molecule has 0 bridgehead atoms. The maximum atomic E-state index is 14.6. The minimum absolute atomic E-state index is 0.113. The van der Waals surface area contributed by atoms with Gasteiger partial charge >= 0.3 is 19.2 Å². The largest absolute Gasteiger partial charge is 0.465 e. The molecule has 2 atom stereocenters. The van der Waals surface area contributed by atoms with Crippen molar-refractivity contribution in [3.63, 3.8) is 0 Å². The molecule has 0 aliphatic heterocycles. The van der Waals surface area contributed by atoms with Crippen molar-refractivity contribution in [1.82, 2.24) is 0 Å². The summed E-state index contributed by atoms with van der Waals surface area (Å²) >= 11 is 0. The van der Waals surface area contributed by atoms with Crippen LogP contribution >= 0.6 is 7.60 Å². The molecule has 0 amide bonds. The van der Waals surface area contributed by atoms with Crippen LogP contribution in [0.25, 0.3) is 0 Å². The van der Waals surface area contributed by atoms with Gasteiger partial charge in [-0.2, -0.15) is 8.78 Å². The lowest BCUT2D eigenvalue weighted by atomic mass is 10.1. The van der Waals surface area contributed by atoms with Crippen molar-refractivity contribution in [2.45, 2.75) is 31.8 Å². The van der Waals surface area contributed by atoms with E-state index in [9.17, 15) is 18.1 Å². The molecule has 8 heteroatoms. The minimum Gasteiger partial charge on any atom is -0.465 e. The third-order valence-corrected chi connectivity index (χ3v) is 6.22. The number of hydrogen-bond acceptors (Lipinski definition) is 5. The number of hydrogen-bond donors (Lipinski definition) is 0. The van der Waals surface area contributed by atoms with Crippen LogP contribution in [0.5, 0.6) is 0 Å². The quantitative estimate of drug-likeness (QED) is 0.506. The molecule has 0 unspecified atom stereocenters. The van der Waals surface area contributed by atoms with Gasteiger partial charge in [-0.3, -0.25) is 4.57 Å². The number of alkyl halides is 2. The number of carbonyl (C=O) groups excluding carboxylic acids is 1. The Kier molecular flexibility index (Phi) is 5.78. The zero-order valence-corrected chi connectivity index (χ0v) is 14.7. The molecule has 0 radical (unpaired) electrons. The van der Waals surface area contributed by atoms with Crippen LogP contribution in [-0.4, -0.2) is 32.0 Å². The summed E-state index contributed by atoms with van der Waals surface area (Å²) in [5, 5.41) is 0. The van der Waals surface area contributed by atoms with E-state index < -0.39 is 31.1 Å². The van der Waals surface area contributed by atoms with E-state index >= 15 is 0 Å². The summed E-state index contributed by atoms with van der Waals surface area (Å²) in [6.45, 7) is 2.77. The second-order valence-corrected chi connectivity index (χ2v) is 7.59. The van der Waals surface area contributed by atoms with Gasteiger partial charge in [0.15, 0.2) is 0 Å². The molecule has 0 saturated heterocycles. The van der Waals surface area contributed by atoms with E-state index in [2.05, 4.69) is 4.74 Å². The molecule has 1 saturated carbocycles. The first-order valence-electron chi connectivity index (χ1n) is 7.76. The van der Waals surface area contributed by atoms with Crippen molar-refractivity contribution in [3.05, 3.63) is 35.4 Å². The fourth-order valence-electron chi connectivity index (χ4n) is 2.68. The fourth-order valence-corrected chi connectivity index (χ4v) is 4.47. The Hall–Kier alpha value is -1.30. The van der Waals surface area contributed by atoms with E-state index in [0.29, 0.717) is 11.1 Å². The van der Waals surface area contributed by atoms with Crippen LogP contribution < -0.4 is 0 Å². The van der Waals surface area contributed by atoms with E-state index in [4.69, 9.17) is 9.05 Å². The molecule has 5 nitrogen and oxygen atoms in total. The highest BCUT2D eigenvalue weighted by molar-refractivity contribution is 7.55. The van der Waals surface area contributed by atoms with Gasteiger partial charge in [0.1, 0.15) is 0 Å². The lowest BCUT2D eigenvalue weighted by Gasteiger charge is -2.26. The summed E-state index contributed by atoms with van der Waals surface area (Å²) in [7, 11) is -3.24. The van der Waals surface area contributed by atoms with Crippen molar-refractivity contribution in [2.24, 2.45) is 5.92 Å². The summed E-state index contributed by atoms with van der Waals surface area (Å²) in [5.41, 5.74) is -2.54. The summed E-state index contributed by atoms with van der Waals surface area (Å²) in [5.74, 6) is -2.04. The molecular weight excluding hydrogens is 341 g/mol. The smallest absolute Gasteiger partial charge is 0.399 e. The lowest BCUT2D eigenvalue weighted by Crippen LogP contribution is -2.23. The van der Waals surface area contributed by atoms with Crippen LogP contribution in [0.3, 0.4) is 0 Å². The van der Waals surface area contributed by atoms with Gasteiger partial charge in [-0.05, 0) is 43.9 Å². The molecule has 0 spiro atoms. The van der Waals surface area contributed by atoms with Gasteiger partial charge in [-0.15, -0.1) is 0 Å². The zero-order valence-electron chi connectivity index (χ0n) is 13.8. The Morgan fingerprint density at radius 2 is 1.75 bits per heavy atom. The van der Waals surface area contributed by atoms with Crippen LogP contribution in [0, 0.1) is 5.92 Å². The average molecular weight is 362 g/mol. The Balaban J connectivity index is 2.15. The molecule has 1 aromatic carbocycles. The summed E-state index contributed by atoms with van der Waals surface area (Å²) < 4.78 is 55.9. The van der Waals surface area contributed by atoms with E-state index in [1.165, 1.54) is 33.1 Å². The standard InChI is InChI=1S/C16H21F2O5P/c1-4-22-24(20,23-5-2)16(17,18)14-10-13(14)11-6-8-12(9-7-11)15(19)21-3/h6-9,13-14H,4-5,10H2,1-3H3/t13-,14+/m1/s1. The van der Waals surface area contributed by atoms with Crippen LogP contribution in [0.15, 0.2) is 24.3 Å². The SMILES string of the molecule is CCOP(=O)(OCC)C(F)(F)[C@H]1C[C@@H]1c1ccc(C(=O)OC)cc1. The Bertz CT molecular complexity index is 622. The molecule has 1 fully saturated rings. The van der Waals surface area contributed by atoms with E-state index in [-0.39, 0.29) is 19.6 Å². The number of rotatable bonds is 8. The highest BCUT2D eigenvalue weighted by Crippen LogP contribution is 2.72. The molecule has 0 aromatic heterocycles. The van der Waals surface area contributed by atoms with E-state index in [1.54, 1.807) is 12.1 Å². The van der Waals surface area contributed by atoms with E-state index in [0.717, 1.165) is 0 Å². The first-order chi connectivity index (χ1) is 11.3. The van der Waals surface area contributed by atoms with Gasteiger partial charge in [0.2, 0.25) is 0 Å². The van der Waals surface area contributed by atoms with Gasteiger partial charge < -0.3 is 13.8 Å². The number of carbonyl (C=O) groups is 1. The molecule has 0 heterocycles. The van der Waals surface area contributed by atoms with Gasteiger partial charge in [-0.25, -0.2) is 4.79 Å². The summed E-state index contributed by atoms with van der Waals surface area (Å²) in [4.78, 5) is 11.4. The highest BCUT2D eigenvalue weighted by Gasteiger charge is 2.66. The maximum absolute atomic E-state index is 14.6. The number of ether oxygens (including phenoxy) is 1. The molecular formula is C16H21F2O5P. The predicted octanol–water partition coefficient (Wildman–Crippen LogP) is 4.44. The highest BCUT2D eigenvalue weighted by atomic mass is 31.2. The first-order valence-corrected chi connectivity index (χ1v) is 9.30. The van der Waals surface area contributed by atoms with Crippen molar-refractivity contribution in [3.8, 4) is 0 Å². The van der Waals surface area contributed by atoms with Crippen molar-refractivity contribution in [1.29, 1.82) is 0 Å². The zero-order chi connectivity index (χ0) is 18.0. The number of halogens is 2. The minimum atomic E-state index is -4.51. The van der Waals surface area contributed by atoms with Crippen LogP contribution in [0.4, 0.5) is 8.78 Å². The summed E-state index contributed by atoms with van der Waals surface area (Å²) in [6.07, 6.45) is 0.189. The monoisotopic (exact) mass is 362 g/mol. The van der Waals surface area contributed by atoms with Gasteiger partial charge in [0, 0.05) is 5.92 Å². The second kappa shape index (κ2) is 7.30. The third kappa shape index (κ3) is 3.53. The van der Waals surface area contributed by atoms with Crippen LogP contribution in [0.2, 0.25) is 0 Å². The maximum Gasteiger partial charge on any atom is 0.399 e. The number of esters is 1. The van der Waals surface area contributed by atoms with Gasteiger partial charge in [-0.1, -0.05) is 12.1 Å². The summed E-state index contributed by atoms with van der Waals surface area (Å²) in [6, 6.07) is 6.28.